The van der Waals surface area contributed by atoms with Crippen molar-refractivity contribution in [1.29, 1.82) is 0 Å². The highest BCUT2D eigenvalue weighted by Crippen LogP contribution is 2.40. The van der Waals surface area contributed by atoms with Crippen LogP contribution in [-0.2, 0) is 9.53 Å². The minimum absolute atomic E-state index is 0.202. The monoisotopic (exact) mass is 514 g/mol. The molecule has 188 valence electrons. The number of hydrogen-bond donors (Lipinski definition) is 0. The third kappa shape index (κ3) is 4.23. The summed E-state index contributed by atoms with van der Waals surface area (Å²) in [5.41, 5.74) is 2.04. The molecule has 0 fully saturated rings. The predicted molar refractivity (Wildman–Crippen MR) is 144 cm³/mol. The Balaban J connectivity index is 1.86. The summed E-state index contributed by atoms with van der Waals surface area (Å²) in [6, 6.07) is 18.4. The van der Waals surface area contributed by atoms with E-state index < -0.39 is 12.0 Å². The van der Waals surface area contributed by atoms with E-state index in [0.29, 0.717) is 37.7 Å². The van der Waals surface area contributed by atoms with Gasteiger partial charge in [-0.3, -0.25) is 9.36 Å². The normalized spacial score (nSPS) is 15.4. The molecule has 7 nitrogen and oxygen atoms in total. The molecular formula is C29H26N2O5S. The van der Waals surface area contributed by atoms with Gasteiger partial charge in [-0.2, -0.15) is 0 Å². The molecule has 3 aromatic carbocycles. The molecule has 0 radical (unpaired) electrons. The Labute approximate surface area is 217 Å². The average molecular weight is 515 g/mol. The van der Waals surface area contributed by atoms with Crippen LogP contribution in [0.1, 0.15) is 31.0 Å². The maximum Gasteiger partial charge on any atom is 0.338 e. The lowest BCUT2D eigenvalue weighted by Crippen LogP contribution is -2.40. The Morgan fingerprint density at radius 3 is 2.51 bits per heavy atom. The standard InChI is InChI=1S/C29H26N2O5S/c1-5-36-28(33)24-17(2)30-29-31(27(32)23(37-29)16-19-11-7-9-13-21(19)34-3)26(24)25-20-12-8-6-10-18(20)14-15-22(25)35-4/h6-16,26H,5H2,1-4H3/b23-16-/t26-/m0/s1. The van der Waals surface area contributed by atoms with E-state index >= 15 is 0 Å². The van der Waals surface area contributed by atoms with Gasteiger partial charge in [0.2, 0.25) is 0 Å². The second kappa shape index (κ2) is 10.1. The summed E-state index contributed by atoms with van der Waals surface area (Å²) >= 11 is 1.27. The number of aromatic nitrogens is 1. The Hall–Kier alpha value is -4.17. The predicted octanol–water partition coefficient (Wildman–Crippen LogP) is 3.97. The Morgan fingerprint density at radius 1 is 1.03 bits per heavy atom. The molecule has 0 aliphatic carbocycles. The summed E-state index contributed by atoms with van der Waals surface area (Å²) in [7, 11) is 3.18. The van der Waals surface area contributed by atoms with Crippen LogP contribution in [0.2, 0.25) is 0 Å². The molecule has 37 heavy (non-hydrogen) atoms. The molecule has 4 aromatic rings. The first-order chi connectivity index (χ1) is 18.0. The lowest BCUT2D eigenvalue weighted by molar-refractivity contribution is -0.139. The van der Waals surface area contributed by atoms with Crippen LogP contribution in [0.5, 0.6) is 11.5 Å². The summed E-state index contributed by atoms with van der Waals surface area (Å²) in [6.07, 6.45) is 1.80. The van der Waals surface area contributed by atoms with Gasteiger partial charge >= 0.3 is 5.97 Å². The molecule has 1 aromatic heterocycles. The summed E-state index contributed by atoms with van der Waals surface area (Å²) in [5, 5.41) is 1.84. The summed E-state index contributed by atoms with van der Waals surface area (Å²) in [4.78, 5) is 32.5. The highest BCUT2D eigenvalue weighted by atomic mass is 32.1. The van der Waals surface area contributed by atoms with Crippen LogP contribution >= 0.6 is 11.3 Å². The number of esters is 1. The molecule has 1 aliphatic heterocycles. The number of carbonyl (C=O) groups is 1. The molecule has 0 spiro atoms. The number of thiazole rings is 1. The van der Waals surface area contributed by atoms with Crippen molar-refractivity contribution in [3.05, 3.63) is 103 Å². The van der Waals surface area contributed by atoms with E-state index in [0.717, 1.165) is 16.3 Å². The molecule has 0 amide bonds. The number of allylic oxidation sites excluding steroid dienone is 1. The number of hydrogen-bond acceptors (Lipinski definition) is 7. The number of para-hydroxylation sites is 1. The van der Waals surface area contributed by atoms with E-state index in [9.17, 15) is 9.59 Å². The van der Waals surface area contributed by atoms with Gasteiger partial charge in [0.05, 0.1) is 36.6 Å². The minimum atomic E-state index is -0.781. The number of methoxy groups -OCH3 is 2. The molecule has 0 bridgehead atoms. The van der Waals surface area contributed by atoms with Gasteiger partial charge in [-0.05, 0) is 42.8 Å². The number of fused-ring (bicyclic) bond motifs is 2. The highest BCUT2D eigenvalue weighted by molar-refractivity contribution is 7.07. The van der Waals surface area contributed by atoms with Gasteiger partial charge in [-0.25, -0.2) is 9.79 Å². The average Bonchev–Trinajstić information content (AvgIpc) is 3.21. The van der Waals surface area contributed by atoms with Crippen LogP contribution in [0.3, 0.4) is 0 Å². The molecule has 0 saturated carbocycles. The van der Waals surface area contributed by atoms with Crippen LogP contribution in [-0.4, -0.2) is 31.4 Å². The molecule has 2 heterocycles. The fourth-order valence-corrected chi connectivity index (χ4v) is 5.76. The first-order valence-electron chi connectivity index (χ1n) is 11.9. The first kappa shape index (κ1) is 24.5. The van der Waals surface area contributed by atoms with E-state index in [2.05, 4.69) is 4.99 Å². The van der Waals surface area contributed by atoms with Crippen molar-refractivity contribution in [3.8, 4) is 11.5 Å². The minimum Gasteiger partial charge on any atom is -0.496 e. The number of rotatable bonds is 6. The first-order valence-corrected chi connectivity index (χ1v) is 12.7. The zero-order valence-electron chi connectivity index (χ0n) is 21.0. The van der Waals surface area contributed by atoms with Gasteiger partial charge in [0.15, 0.2) is 4.80 Å². The summed E-state index contributed by atoms with van der Waals surface area (Å²) in [6.45, 7) is 3.73. The van der Waals surface area contributed by atoms with E-state index in [1.54, 1.807) is 38.7 Å². The summed E-state index contributed by atoms with van der Waals surface area (Å²) < 4.78 is 18.8. The van der Waals surface area contributed by atoms with E-state index in [-0.39, 0.29) is 12.2 Å². The fourth-order valence-electron chi connectivity index (χ4n) is 4.73. The van der Waals surface area contributed by atoms with Crippen molar-refractivity contribution in [2.45, 2.75) is 19.9 Å². The molecule has 5 rings (SSSR count). The van der Waals surface area contributed by atoms with Gasteiger partial charge in [0.25, 0.3) is 5.56 Å². The Bertz CT molecular complexity index is 1730. The molecule has 1 aliphatic rings. The number of benzene rings is 3. The van der Waals surface area contributed by atoms with Crippen LogP contribution in [0.4, 0.5) is 0 Å². The number of carbonyl (C=O) groups excluding carboxylic acids is 1. The largest absolute Gasteiger partial charge is 0.496 e. The lowest BCUT2D eigenvalue weighted by atomic mass is 9.90. The van der Waals surface area contributed by atoms with Gasteiger partial charge in [0.1, 0.15) is 17.5 Å². The van der Waals surface area contributed by atoms with Crippen LogP contribution in [0.25, 0.3) is 16.8 Å². The third-order valence-corrected chi connectivity index (χ3v) is 7.35. The Morgan fingerprint density at radius 2 is 1.76 bits per heavy atom. The second-order valence-corrected chi connectivity index (χ2v) is 9.46. The van der Waals surface area contributed by atoms with Gasteiger partial charge in [-0.1, -0.05) is 59.9 Å². The molecule has 8 heteroatoms. The van der Waals surface area contributed by atoms with E-state index in [1.807, 2.05) is 60.7 Å². The van der Waals surface area contributed by atoms with Crippen LogP contribution < -0.4 is 24.4 Å². The number of ether oxygens (including phenoxy) is 3. The van der Waals surface area contributed by atoms with E-state index in [4.69, 9.17) is 14.2 Å². The van der Waals surface area contributed by atoms with Crippen molar-refractivity contribution < 1.29 is 19.0 Å². The topological polar surface area (TPSA) is 79.1 Å². The maximum absolute atomic E-state index is 14.0. The maximum atomic E-state index is 14.0. The van der Waals surface area contributed by atoms with E-state index in [1.165, 1.54) is 11.3 Å². The smallest absolute Gasteiger partial charge is 0.338 e. The van der Waals surface area contributed by atoms with Gasteiger partial charge < -0.3 is 14.2 Å². The fraction of sp³-hybridized carbons (Fsp3) is 0.207. The molecule has 1 atom stereocenters. The van der Waals surface area contributed by atoms with Crippen molar-refractivity contribution in [2.24, 2.45) is 4.99 Å². The van der Waals surface area contributed by atoms with Crippen LogP contribution in [0.15, 0.2) is 81.7 Å². The zero-order chi connectivity index (χ0) is 26.1. The zero-order valence-corrected chi connectivity index (χ0v) is 21.8. The molecule has 0 N–H and O–H groups in total. The SMILES string of the molecule is CCOC(=O)C1=C(C)N=c2s/c(=C\c3ccccc3OC)c(=O)n2[C@@H]1c1c(OC)ccc2ccccc12. The molecule has 0 unspecified atom stereocenters. The second-order valence-electron chi connectivity index (χ2n) is 8.45. The van der Waals surface area contributed by atoms with Gasteiger partial charge in [-0.15, -0.1) is 0 Å². The van der Waals surface area contributed by atoms with Crippen molar-refractivity contribution in [3.63, 3.8) is 0 Å². The quantitative estimate of drug-likeness (QED) is 0.364. The Kier molecular flexibility index (Phi) is 6.67. The number of nitrogens with zero attached hydrogens (tertiary/aromatic N) is 2. The molecule has 0 saturated heterocycles. The summed E-state index contributed by atoms with van der Waals surface area (Å²) in [5.74, 6) is 0.714. The molecular weight excluding hydrogens is 488 g/mol. The highest BCUT2D eigenvalue weighted by Gasteiger charge is 2.36. The van der Waals surface area contributed by atoms with Crippen molar-refractivity contribution >= 4 is 34.2 Å². The van der Waals surface area contributed by atoms with Crippen LogP contribution in [0, 0.1) is 0 Å². The third-order valence-electron chi connectivity index (χ3n) is 6.37. The van der Waals surface area contributed by atoms with Gasteiger partial charge in [0, 0.05) is 11.1 Å². The van der Waals surface area contributed by atoms with Crippen molar-refractivity contribution in [1.82, 2.24) is 4.57 Å². The lowest BCUT2D eigenvalue weighted by Gasteiger charge is -2.27. The van der Waals surface area contributed by atoms with Crippen molar-refractivity contribution in [2.75, 3.05) is 20.8 Å².